The van der Waals surface area contributed by atoms with Crippen LogP contribution in [-0.2, 0) is 6.42 Å². The second-order valence-electron chi connectivity index (χ2n) is 6.34. The number of hydrogen-bond acceptors (Lipinski definition) is 3. The zero-order chi connectivity index (χ0) is 15.6. The third-order valence-electron chi connectivity index (χ3n) is 4.11. The molecule has 0 spiro atoms. The average Bonchev–Trinajstić information content (AvgIpc) is 2.46. The fourth-order valence-corrected chi connectivity index (χ4v) is 2.49. The monoisotopic (exact) mass is 293 g/mol. The van der Waals surface area contributed by atoms with Gasteiger partial charge < -0.3 is 15.9 Å². The molecule has 3 heteroatoms. The number of unbranched alkanes of at least 4 members (excludes halogenated alkanes) is 6. The number of nitrogens with two attached hydrogens (primary N) is 1. The van der Waals surface area contributed by atoms with E-state index in [4.69, 9.17) is 15.9 Å². The minimum atomic E-state index is -1.42. The Balaban J connectivity index is 1.91. The van der Waals surface area contributed by atoms with Crippen molar-refractivity contribution in [3.8, 4) is 0 Å². The van der Waals surface area contributed by atoms with Crippen molar-refractivity contribution in [2.45, 2.75) is 76.5 Å². The van der Waals surface area contributed by atoms with Gasteiger partial charge in [0, 0.05) is 0 Å². The molecule has 0 radical (unpaired) electrons. The van der Waals surface area contributed by atoms with Crippen molar-refractivity contribution < 1.29 is 10.2 Å². The first-order chi connectivity index (χ1) is 10.0. The number of rotatable bonds is 11. The van der Waals surface area contributed by atoms with Gasteiger partial charge >= 0.3 is 0 Å². The van der Waals surface area contributed by atoms with Crippen LogP contribution in [0, 0.1) is 0 Å². The topological polar surface area (TPSA) is 66.5 Å². The Bertz CT molecular complexity index is 363. The first kappa shape index (κ1) is 18.1. The number of aliphatic hydroxyl groups is 2. The zero-order valence-electron chi connectivity index (χ0n) is 13.3. The summed E-state index contributed by atoms with van der Waals surface area (Å²) in [7, 11) is 0. The van der Waals surface area contributed by atoms with Gasteiger partial charge in [0.2, 0.25) is 0 Å². The standard InChI is InChI=1S/C18H31NO2/c1-18(19,17(20)21)15-11-6-4-2-3-5-8-12-16-13-9-7-10-14-16/h7,9-10,13-14,17,20-21H,2-6,8,11-12,15,19H2,1H3. The molecule has 0 aliphatic carbocycles. The van der Waals surface area contributed by atoms with Gasteiger partial charge in [0.15, 0.2) is 6.29 Å². The van der Waals surface area contributed by atoms with Gasteiger partial charge in [0.1, 0.15) is 0 Å². The Hall–Kier alpha value is -0.900. The van der Waals surface area contributed by atoms with E-state index in [-0.39, 0.29) is 0 Å². The number of aliphatic hydroxyl groups excluding tert-OH is 1. The molecule has 3 nitrogen and oxygen atoms in total. The normalized spacial score (nSPS) is 14.3. The van der Waals surface area contributed by atoms with E-state index in [1.54, 1.807) is 6.92 Å². The Morgan fingerprint density at radius 1 is 0.905 bits per heavy atom. The van der Waals surface area contributed by atoms with Crippen molar-refractivity contribution in [3.63, 3.8) is 0 Å². The third-order valence-corrected chi connectivity index (χ3v) is 4.11. The van der Waals surface area contributed by atoms with Gasteiger partial charge in [-0.15, -0.1) is 0 Å². The summed E-state index contributed by atoms with van der Waals surface area (Å²) in [5.74, 6) is 0. The summed E-state index contributed by atoms with van der Waals surface area (Å²) >= 11 is 0. The number of aryl methyl sites for hydroxylation is 1. The van der Waals surface area contributed by atoms with Gasteiger partial charge in [-0.05, 0) is 31.7 Å². The molecule has 0 aromatic heterocycles. The molecule has 1 aromatic rings. The van der Waals surface area contributed by atoms with Crippen LogP contribution in [-0.4, -0.2) is 22.0 Å². The molecule has 0 saturated heterocycles. The van der Waals surface area contributed by atoms with E-state index in [1.165, 1.54) is 44.1 Å². The summed E-state index contributed by atoms with van der Waals surface area (Å²) in [5.41, 5.74) is 6.36. The van der Waals surface area contributed by atoms with Crippen LogP contribution in [0.1, 0.15) is 63.9 Å². The highest BCUT2D eigenvalue weighted by molar-refractivity contribution is 5.14. The summed E-state index contributed by atoms with van der Waals surface area (Å²) in [4.78, 5) is 0. The van der Waals surface area contributed by atoms with Crippen LogP contribution in [0.25, 0.3) is 0 Å². The molecular formula is C18H31NO2. The van der Waals surface area contributed by atoms with E-state index in [1.807, 2.05) is 0 Å². The Kier molecular flexibility index (Phi) is 8.58. The molecule has 0 aliphatic rings. The van der Waals surface area contributed by atoms with Crippen LogP contribution in [0.15, 0.2) is 30.3 Å². The van der Waals surface area contributed by atoms with E-state index in [0.29, 0.717) is 6.42 Å². The summed E-state index contributed by atoms with van der Waals surface area (Å²) in [6.45, 7) is 1.70. The fraction of sp³-hybridized carbons (Fsp3) is 0.667. The highest BCUT2D eigenvalue weighted by Crippen LogP contribution is 2.16. The lowest BCUT2D eigenvalue weighted by molar-refractivity contribution is -0.0933. The minimum absolute atomic E-state index is 0.665. The summed E-state index contributed by atoms with van der Waals surface area (Å²) in [6.07, 6.45) is 8.83. The van der Waals surface area contributed by atoms with E-state index in [2.05, 4.69) is 30.3 Å². The van der Waals surface area contributed by atoms with Gasteiger partial charge in [-0.2, -0.15) is 0 Å². The molecule has 0 fully saturated rings. The molecule has 1 atom stereocenters. The maximum absolute atomic E-state index is 9.10. The smallest absolute Gasteiger partial charge is 0.169 e. The second-order valence-corrected chi connectivity index (χ2v) is 6.34. The molecule has 1 aromatic carbocycles. The van der Waals surface area contributed by atoms with E-state index in [9.17, 15) is 0 Å². The Morgan fingerprint density at radius 3 is 2.00 bits per heavy atom. The molecule has 0 bridgehead atoms. The molecule has 0 amide bonds. The lowest BCUT2D eigenvalue weighted by Gasteiger charge is -2.26. The van der Waals surface area contributed by atoms with Crippen molar-refractivity contribution in [2.24, 2.45) is 5.73 Å². The van der Waals surface area contributed by atoms with Crippen molar-refractivity contribution in [1.29, 1.82) is 0 Å². The molecule has 4 N–H and O–H groups in total. The van der Waals surface area contributed by atoms with Gasteiger partial charge in [-0.1, -0.05) is 68.9 Å². The fourth-order valence-electron chi connectivity index (χ4n) is 2.49. The van der Waals surface area contributed by atoms with Crippen LogP contribution in [0.2, 0.25) is 0 Å². The lowest BCUT2D eigenvalue weighted by atomic mass is 9.94. The lowest BCUT2D eigenvalue weighted by Crippen LogP contribution is -2.47. The average molecular weight is 293 g/mol. The van der Waals surface area contributed by atoms with Crippen LogP contribution < -0.4 is 5.73 Å². The molecular weight excluding hydrogens is 262 g/mol. The van der Waals surface area contributed by atoms with Crippen molar-refractivity contribution in [3.05, 3.63) is 35.9 Å². The molecule has 1 rings (SSSR count). The van der Waals surface area contributed by atoms with Crippen molar-refractivity contribution >= 4 is 0 Å². The second kappa shape index (κ2) is 9.93. The SMILES string of the molecule is CC(N)(CCCCCCCCCc1ccccc1)C(O)O. The van der Waals surface area contributed by atoms with Crippen LogP contribution in [0.5, 0.6) is 0 Å². The van der Waals surface area contributed by atoms with Gasteiger partial charge in [0.25, 0.3) is 0 Å². The van der Waals surface area contributed by atoms with Gasteiger partial charge in [-0.25, -0.2) is 0 Å². The van der Waals surface area contributed by atoms with Crippen molar-refractivity contribution in [2.75, 3.05) is 0 Å². The Morgan fingerprint density at radius 2 is 1.43 bits per heavy atom. The maximum Gasteiger partial charge on any atom is 0.169 e. The predicted octanol–water partition coefficient (Wildman–Crippen LogP) is 3.38. The first-order valence-corrected chi connectivity index (χ1v) is 8.21. The summed E-state index contributed by atoms with van der Waals surface area (Å²) < 4.78 is 0. The zero-order valence-corrected chi connectivity index (χ0v) is 13.3. The molecule has 0 aliphatic heterocycles. The first-order valence-electron chi connectivity index (χ1n) is 8.21. The van der Waals surface area contributed by atoms with Gasteiger partial charge in [0.05, 0.1) is 5.54 Å². The molecule has 0 heterocycles. The molecule has 120 valence electrons. The minimum Gasteiger partial charge on any atom is -0.367 e. The van der Waals surface area contributed by atoms with Crippen molar-refractivity contribution in [1.82, 2.24) is 0 Å². The third kappa shape index (κ3) is 8.20. The summed E-state index contributed by atoms with van der Waals surface area (Å²) in [5, 5.41) is 18.2. The maximum atomic E-state index is 9.10. The largest absolute Gasteiger partial charge is 0.367 e. The highest BCUT2D eigenvalue weighted by atomic mass is 16.5. The summed E-state index contributed by atoms with van der Waals surface area (Å²) in [6, 6.07) is 10.7. The molecule has 0 saturated carbocycles. The quantitative estimate of drug-likeness (QED) is 0.433. The molecule has 21 heavy (non-hydrogen) atoms. The van der Waals surface area contributed by atoms with Crippen LogP contribution in [0.4, 0.5) is 0 Å². The predicted molar refractivity (Wildman–Crippen MR) is 87.9 cm³/mol. The Labute approximate surface area is 129 Å². The van der Waals surface area contributed by atoms with Crippen LogP contribution >= 0.6 is 0 Å². The van der Waals surface area contributed by atoms with E-state index >= 15 is 0 Å². The van der Waals surface area contributed by atoms with Crippen LogP contribution in [0.3, 0.4) is 0 Å². The number of benzene rings is 1. The highest BCUT2D eigenvalue weighted by Gasteiger charge is 2.25. The number of hydrogen-bond donors (Lipinski definition) is 3. The van der Waals surface area contributed by atoms with E-state index < -0.39 is 11.8 Å². The van der Waals surface area contributed by atoms with Gasteiger partial charge in [-0.3, -0.25) is 0 Å². The van der Waals surface area contributed by atoms with E-state index in [0.717, 1.165) is 12.8 Å². The molecule has 1 unspecified atom stereocenters.